The summed E-state index contributed by atoms with van der Waals surface area (Å²) in [5.74, 6) is 1.08. The lowest BCUT2D eigenvalue weighted by Crippen LogP contribution is -2.06. The van der Waals surface area contributed by atoms with Crippen molar-refractivity contribution in [2.24, 2.45) is 0 Å². The maximum atomic E-state index is 8.83. The van der Waals surface area contributed by atoms with Crippen LogP contribution in [0.5, 0.6) is 0 Å². The molecule has 0 bridgehead atoms. The molecule has 4 heteroatoms. The molecule has 68 valence electrons. The van der Waals surface area contributed by atoms with E-state index in [0.717, 1.165) is 5.69 Å². The number of nitriles is 1. The van der Waals surface area contributed by atoms with Gasteiger partial charge in [-0.15, -0.1) is 0 Å². The van der Waals surface area contributed by atoms with Crippen molar-refractivity contribution in [3.63, 3.8) is 0 Å². The average Bonchev–Trinajstić information content (AvgIpc) is 2.02. The topological polar surface area (TPSA) is 75.6 Å². The summed E-state index contributed by atoms with van der Waals surface area (Å²) in [7, 11) is 0. The number of hydrogen-bond donors (Lipinski definition) is 1. The first-order chi connectivity index (χ1) is 6.06. The van der Waals surface area contributed by atoms with Crippen molar-refractivity contribution in [1.82, 2.24) is 9.97 Å². The van der Waals surface area contributed by atoms with Crippen molar-refractivity contribution < 1.29 is 0 Å². The van der Waals surface area contributed by atoms with Gasteiger partial charge in [0.25, 0.3) is 0 Å². The van der Waals surface area contributed by atoms with Crippen molar-refractivity contribution in [3.8, 4) is 6.07 Å². The van der Waals surface area contributed by atoms with Crippen LogP contribution in [0.2, 0.25) is 0 Å². The molecule has 0 atom stereocenters. The summed E-state index contributed by atoms with van der Waals surface area (Å²) >= 11 is 0. The Morgan fingerprint density at radius 1 is 1.38 bits per heavy atom. The molecule has 0 saturated carbocycles. The number of nitrogen functional groups attached to an aromatic ring is 1. The van der Waals surface area contributed by atoms with Crippen molar-refractivity contribution in [2.75, 3.05) is 5.73 Å². The molecule has 0 amide bonds. The fourth-order valence-electron chi connectivity index (χ4n) is 1.15. The normalized spacial score (nSPS) is 10.1. The van der Waals surface area contributed by atoms with Crippen LogP contribution < -0.4 is 5.73 Å². The van der Waals surface area contributed by atoms with E-state index in [-0.39, 0.29) is 11.7 Å². The van der Waals surface area contributed by atoms with E-state index in [1.165, 1.54) is 0 Å². The molecule has 1 heterocycles. The van der Waals surface area contributed by atoms with Crippen LogP contribution in [-0.4, -0.2) is 9.97 Å². The number of hydrogen-bond acceptors (Lipinski definition) is 4. The predicted octanol–water partition coefficient (Wildman–Crippen LogP) is 1.36. The Bertz CT molecular complexity index is 363. The van der Waals surface area contributed by atoms with Gasteiger partial charge in [0.15, 0.2) is 0 Å². The molecule has 1 aromatic rings. The van der Waals surface area contributed by atoms with Crippen LogP contribution in [0.3, 0.4) is 0 Å². The molecule has 1 aromatic heterocycles. The van der Waals surface area contributed by atoms with Crippen LogP contribution in [0.4, 0.5) is 5.82 Å². The van der Waals surface area contributed by atoms with Crippen molar-refractivity contribution >= 4 is 5.82 Å². The number of rotatable bonds is 1. The van der Waals surface area contributed by atoms with E-state index < -0.39 is 0 Å². The quantitative estimate of drug-likeness (QED) is 0.701. The lowest BCUT2D eigenvalue weighted by molar-refractivity contribution is 0.798. The molecule has 4 nitrogen and oxygen atoms in total. The van der Waals surface area contributed by atoms with Gasteiger partial charge in [-0.05, 0) is 12.8 Å². The highest BCUT2D eigenvalue weighted by molar-refractivity contribution is 5.51. The SMILES string of the molecule is Cc1nc(N)c(C#N)c(C(C)C)n1. The fraction of sp³-hybridized carbons (Fsp3) is 0.444. The fourth-order valence-corrected chi connectivity index (χ4v) is 1.15. The molecular formula is C9H12N4. The molecular weight excluding hydrogens is 164 g/mol. The molecule has 1 rings (SSSR count). The van der Waals surface area contributed by atoms with Crippen LogP contribution in [0.1, 0.15) is 36.8 Å². The molecule has 0 aliphatic rings. The Morgan fingerprint density at radius 3 is 2.46 bits per heavy atom. The van der Waals surface area contributed by atoms with E-state index in [1.54, 1.807) is 6.92 Å². The van der Waals surface area contributed by atoms with Gasteiger partial charge >= 0.3 is 0 Å². The van der Waals surface area contributed by atoms with Gasteiger partial charge in [0.05, 0.1) is 5.69 Å². The highest BCUT2D eigenvalue weighted by Crippen LogP contribution is 2.19. The molecule has 0 radical (unpaired) electrons. The second-order valence-corrected chi connectivity index (χ2v) is 3.18. The molecule has 2 N–H and O–H groups in total. The summed E-state index contributed by atoms with van der Waals surface area (Å²) in [6, 6.07) is 2.02. The van der Waals surface area contributed by atoms with Crippen LogP contribution in [0, 0.1) is 18.3 Å². The average molecular weight is 176 g/mol. The summed E-state index contributed by atoms with van der Waals surface area (Å²) in [6.07, 6.45) is 0. The van der Waals surface area contributed by atoms with Crippen molar-refractivity contribution in [1.29, 1.82) is 5.26 Å². The Morgan fingerprint density at radius 2 is 2.00 bits per heavy atom. The molecule has 0 fully saturated rings. The summed E-state index contributed by atoms with van der Waals surface area (Å²) in [4.78, 5) is 8.12. The zero-order valence-electron chi connectivity index (χ0n) is 8.00. The van der Waals surface area contributed by atoms with Crippen LogP contribution >= 0.6 is 0 Å². The minimum absolute atomic E-state index is 0.193. The molecule has 0 unspecified atom stereocenters. The first-order valence-electron chi connectivity index (χ1n) is 4.10. The summed E-state index contributed by atoms with van der Waals surface area (Å²) < 4.78 is 0. The summed E-state index contributed by atoms with van der Waals surface area (Å²) in [5.41, 5.74) is 6.73. The predicted molar refractivity (Wildman–Crippen MR) is 50.0 cm³/mol. The lowest BCUT2D eigenvalue weighted by atomic mass is 10.1. The van der Waals surface area contributed by atoms with Gasteiger partial charge in [0, 0.05) is 0 Å². The van der Waals surface area contributed by atoms with Crippen molar-refractivity contribution in [2.45, 2.75) is 26.7 Å². The molecule has 0 aliphatic carbocycles. The van der Waals surface area contributed by atoms with Crippen LogP contribution in [0.15, 0.2) is 0 Å². The maximum Gasteiger partial charge on any atom is 0.145 e. The van der Waals surface area contributed by atoms with E-state index >= 15 is 0 Å². The first kappa shape index (κ1) is 9.46. The van der Waals surface area contributed by atoms with Gasteiger partial charge in [0.2, 0.25) is 0 Å². The van der Waals surface area contributed by atoms with E-state index in [4.69, 9.17) is 11.0 Å². The molecule has 13 heavy (non-hydrogen) atoms. The minimum atomic E-state index is 0.193. The summed E-state index contributed by atoms with van der Waals surface area (Å²) in [5, 5.41) is 8.83. The zero-order chi connectivity index (χ0) is 10.0. The van der Waals surface area contributed by atoms with Crippen LogP contribution in [0.25, 0.3) is 0 Å². The molecule has 0 spiro atoms. The Kier molecular flexibility index (Phi) is 2.47. The zero-order valence-corrected chi connectivity index (χ0v) is 8.00. The van der Waals surface area contributed by atoms with Crippen molar-refractivity contribution in [3.05, 3.63) is 17.1 Å². The number of aryl methyl sites for hydroxylation is 1. The van der Waals surface area contributed by atoms with E-state index in [9.17, 15) is 0 Å². The monoisotopic (exact) mass is 176 g/mol. The van der Waals surface area contributed by atoms with Gasteiger partial charge in [-0.25, -0.2) is 9.97 Å². The third-order valence-electron chi connectivity index (χ3n) is 1.74. The number of nitrogens with zero attached hydrogens (tertiary/aromatic N) is 3. The molecule has 0 saturated heterocycles. The van der Waals surface area contributed by atoms with Gasteiger partial charge < -0.3 is 5.73 Å². The highest BCUT2D eigenvalue weighted by Gasteiger charge is 2.12. The Labute approximate surface area is 77.4 Å². The van der Waals surface area contributed by atoms with Gasteiger partial charge in [-0.2, -0.15) is 5.26 Å². The third-order valence-corrected chi connectivity index (χ3v) is 1.74. The largest absolute Gasteiger partial charge is 0.382 e. The van der Waals surface area contributed by atoms with E-state index in [0.29, 0.717) is 11.4 Å². The van der Waals surface area contributed by atoms with Gasteiger partial charge in [-0.3, -0.25) is 0 Å². The number of nitrogens with two attached hydrogens (primary N) is 1. The van der Waals surface area contributed by atoms with E-state index in [1.807, 2.05) is 19.9 Å². The lowest BCUT2D eigenvalue weighted by Gasteiger charge is -2.08. The minimum Gasteiger partial charge on any atom is -0.382 e. The number of anilines is 1. The second-order valence-electron chi connectivity index (χ2n) is 3.18. The third kappa shape index (κ3) is 1.75. The second kappa shape index (κ2) is 3.40. The maximum absolute atomic E-state index is 8.83. The highest BCUT2D eigenvalue weighted by atomic mass is 14.9. The van der Waals surface area contributed by atoms with E-state index in [2.05, 4.69) is 9.97 Å². The molecule has 0 aliphatic heterocycles. The number of aromatic nitrogens is 2. The standard InChI is InChI=1S/C9H12N4/c1-5(2)8-7(4-10)9(11)13-6(3)12-8/h5H,1-3H3,(H2,11,12,13). The summed E-state index contributed by atoms with van der Waals surface area (Å²) in [6.45, 7) is 5.72. The molecule has 0 aromatic carbocycles. The Hall–Kier alpha value is -1.63. The first-order valence-corrected chi connectivity index (χ1v) is 4.10. The van der Waals surface area contributed by atoms with Gasteiger partial charge in [0.1, 0.15) is 23.3 Å². The van der Waals surface area contributed by atoms with Gasteiger partial charge in [-0.1, -0.05) is 13.8 Å². The Balaban J connectivity index is 3.41. The smallest absolute Gasteiger partial charge is 0.145 e. The van der Waals surface area contributed by atoms with Crippen LogP contribution in [-0.2, 0) is 0 Å².